The van der Waals surface area contributed by atoms with E-state index in [2.05, 4.69) is 22.6 Å². The van der Waals surface area contributed by atoms with Crippen LogP contribution < -0.4 is 0 Å². The maximum atomic E-state index is 11.6. The number of halogens is 1. The second kappa shape index (κ2) is 5.05. The predicted molar refractivity (Wildman–Crippen MR) is 64.0 cm³/mol. The molecule has 0 atom stereocenters. The second-order valence-electron chi connectivity index (χ2n) is 3.40. The lowest BCUT2D eigenvalue weighted by Crippen LogP contribution is -2.37. The van der Waals surface area contributed by atoms with Crippen molar-refractivity contribution in [3.8, 4) is 0 Å². The zero-order valence-corrected chi connectivity index (χ0v) is 10.3. The summed E-state index contributed by atoms with van der Waals surface area (Å²) in [5.74, 6) is 0.0262. The van der Waals surface area contributed by atoms with E-state index in [0.29, 0.717) is 18.8 Å². The molecule has 15 heavy (non-hydrogen) atoms. The van der Waals surface area contributed by atoms with Crippen molar-refractivity contribution in [1.82, 2.24) is 0 Å². The number of ketones is 1. The van der Waals surface area contributed by atoms with Gasteiger partial charge in [-0.25, -0.2) is 0 Å². The normalized spacial score (nSPS) is 16.1. The third-order valence-corrected chi connectivity index (χ3v) is 2.94. The van der Waals surface area contributed by atoms with Gasteiger partial charge in [-0.3, -0.25) is 4.79 Å². The summed E-state index contributed by atoms with van der Waals surface area (Å²) in [7, 11) is 0. The number of hydrogen-bond acceptors (Lipinski definition) is 3. The fourth-order valence-corrected chi connectivity index (χ4v) is 1.58. The van der Waals surface area contributed by atoms with Crippen molar-refractivity contribution in [3.05, 3.63) is 33.4 Å². The van der Waals surface area contributed by atoms with E-state index in [1.165, 1.54) is 0 Å². The van der Waals surface area contributed by atoms with E-state index < -0.39 is 0 Å². The molecule has 80 valence electrons. The summed E-state index contributed by atoms with van der Waals surface area (Å²) in [6.07, 6.45) is 0.109. The Balaban J connectivity index is 1.86. The molecule has 0 N–H and O–H groups in total. The second-order valence-corrected chi connectivity index (χ2v) is 4.65. The first kappa shape index (κ1) is 11.0. The van der Waals surface area contributed by atoms with Crippen LogP contribution in [0, 0.1) is 3.57 Å². The molecule has 1 aromatic rings. The van der Waals surface area contributed by atoms with Crippen LogP contribution in [0.25, 0.3) is 0 Å². The topological polar surface area (TPSA) is 35.5 Å². The van der Waals surface area contributed by atoms with Gasteiger partial charge in [0.05, 0.1) is 13.2 Å². The van der Waals surface area contributed by atoms with Gasteiger partial charge in [0.15, 0.2) is 5.78 Å². The van der Waals surface area contributed by atoms with Crippen molar-refractivity contribution in [2.45, 2.75) is 6.10 Å². The number of carbonyl (C=O) groups is 1. The van der Waals surface area contributed by atoms with Crippen LogP contribution in [0.15, 0.2) is 24.3 Å². The van der Waals surface area contributed by atoms with Gasteiger partial charge >= 0.3 is 0 Å². The maximum Gasteiger partial charge on any atom is 0.188 e. The van der Waals surface area contributed by atoms with Crippen molar-refractivity contribution < 1.29 is 14.3 Å². The Labute approximate surface area is 102 Å². The molecular weight excluding hydrogens is 307 g/mol. The number of hydrogen-bond donors (Lipinski definition) is 0. The first-order valence-electron chi connectivity index (χ1n) is 4.74. The fraction of sp³-hybridized carbons (Fsp3) is 0.364. The first-order valence-corrected chi connectivity index (χ1v) is 5.82. The molecule has 3 nitrogen and oxygen atoms in total. The van der Waals surface area contributed by atoms with Crippen LogP contribution in [0.5, 0.6) is 0 Å². The lowest BCUT2D eigenvalue weighted by Gasteiger charge is -2.25. The van der Waals surface area contributed by atoms with Crippen LogP contribution in [-0.4, -0.2) is 31.7 Å². The van der Waals surface area contributed by atoms with E-state index in [0.717, 1.165) is 3.57 Å². The van der Waals surface area contributed by atoms with Gasteiger partial charge in [-0.05, 0) is 34.7 Å². The summed E-state index contributed by atoms with van der Waals surface area (Å²) >= 11 is 2.21. The molecule has 0 spiro atoms. The molecule has 1 heterocycles. The number of ether oxygens (including phenoxy) is 2. The fourth-order valence-electron chi connectivity index (χ4n) is 1.22. The summed E-state index contributed by atoms with van der Waals surface area (Å²) in [5, 5.41) is 0. The number of carbonyl (C=O) groups excluding carboxylic acids is 1. The van der Waals surface area contributed by atoms with E-state index in [4.69, 9.17) is 9.47 Å². The molecule has 1 aromatic carbocycles. The van der Waals surface area contributed by atoms with Crippen molar-refractivity contribution in [1.29, 1.82) is 0 Å². The van der Waals surface area contributed by atoms with Gasteiger partial charge in [0.25, 0.3) is 0 Å². The highest BCUT2D eigenvalue weighted by Gasteiger charge is 2.20. The lowest BCUT2D eigenvalue weighted by atomic mass is 10.1. The highest BCUT2D eigenvalue weighted by atomic mass is 127. The minimum absolute atomic E-state index is 0.0262. The summed E-state index contributed by atoms with van der Waals surface area (Å²) < 4.78 is 11.4. The third-order valence-electron chi connectivity index (χ3n) is 2.22. The van der Waals surface area contributed by atoms with Crippen molar-refractivity contribution in [2.75, 3.05) is 19.8 Å². The average molecular weight is 318 g/mol. The Hall–Kier alpha value is -0.460. The molecule has 0 amide bonds. The first-order chi connectivity index (χ1) is 7.25. The molecule has 1 saturated heterocycles. The largest absolute Gasteiger partial charge is 0.376 e. The Morgan fingerprint density at radius 2 is 2.07 bits per heavy atom. The number of rotatable bonds is 4. The molecule has 0 bridgehead atoms. The van der Waals surface area contributed by atoms with Gasteiger partial charge in [0, 0.05) is 9.13 Å². The molecule has 0 aliphatic carbocycles. The highest BCUT2D eigenvalue weighted by Crippen LogP contribution is 2.09. The molecular formula is C11H11IO3. The average Bonchev–Trinajstić information content (AvgIpc) is 2.16. The third kappa shape index (κ3) is 2.99. The maximum absolute atomic E-state index is 11.6. The van der Waals surface area contributed by atoms with E-state index in [1.54, 1.807) is 0 Å². The van der Waals surface area contributed by atoms with E-state index >= 15 is 0 Å². The Bertz CT molecular complexity index is 343. The smallest absolute Gasteiger partial charge is 0.188 e. The van der Waals surface area contributed by atoms with E-state index in [1.807, 2.05) is 24.3 Å². The standard InChI is InChI=1S/C11H11IO3/c12-9-3-1-8(2-4-9)11(13)7-15-10-5-14-6-10/h1-4,10H,5-7H2. The molecule has 4 heteroatoms. The monoisotopic (exact) mass is 318 g/mol. The van der Waals surface area contributed by atoms with Gasteiger partial charge in [0.2, 0.25) is 0 Å². The molecule has 0 saturated carbocycles. The van der Waals surface area contributed by atoms with Crippen LogP contribution in [0.3, 0.4) is 0 Å². The summed E-state index contributed by atoms with van der Waals surface area (Å²) in [4.78, 5) is 11.6. The van der Waals surface area contributed by atoms with Crippen LogP contribution in [0.2, 0.25) is 0 Å². The Kier molecular flexibility index (Phi) is 3.71. The van der Waals surface area contributed by atoms with E-state index in [-0.39, 0.29) is 18.5 Å². The van der Waals surface area contributed by atoms with Crippen LogP contribution >= 0.6 is 22.6 Å². The van der Waals surface area contributed by atoms with E-state index in [9.17, 15) is 4.79 Å². The van der Waals surface area contributed by atoms with Crippen molar-refractivity contribution in [2.24, 2.45) is 0 Å². The molecule has 0 unspecified atom stereocenters. The lowest BCUT2D eigenvalue weighted by molar-refractivity contribution is -0.123. The zero-order chi connectivity index (χ0) is 10.7. The Morgan fingerprint density at radius 3 is 2.60 bits per heavy atom. The van der Waals surface area contributed by atoms with Crippen molar-refractivity contribution >= 4 is 28.4 Å². The van der Waals surface area contributed by atoms with Gasteiger partial charge < -0.3 is 9.47 Å². The summed E-state index contributed by atoms with van der Waals surface area (Å²) in [6, 6.07) is 7.48. The van der Waals surface area contributed by atoms with Gasteiger partial charge in [-0.2, -0.15) is 0 Å². The Morgan fingerprint density at radius 1 is 1.40 bits per heavy atom. The molecule has 1 aliphatic heterocycles. The van der Waals surface area contributed by atoms with Gasteiger partial charge in [0.1, 0.15) is 12.7 Å². The number of benzene rings is 1. The highest BCUT2D eigenvalue weighted by molar-refractivity contribution is 14.1. The zero-order valence-electron chi connectivity index (χ0n) is 8.11. The van der Waals surface area contributed by atoms with Crippen LogP contribution in [0.4, 0.5) is 0 Å². The van der Waals surface area contributed by atoms with Crippen LogP contribution in [-0.2, 0) is 9.47 Å². The molecule has 1 aliphatic rings. The molecule has 1 fully saturated rings. The van der Waals surface area contributed by atoms with Gasteiger partial charge in [-0.15, -0.1) is 0 Å². The minimum atomic E-state index is 0.0262. The van der Waals surface area contributed by atoms with Gasteiger partial charge in [-0.1, -0.05) is 12.1 Å². The molecule has 0 radical (unpaired) electrons. The summed E-state index contributed by atoms with van der Waals surface area (Å²) in [5.41, 5.74) is 0.704. The quantitative estimate of drug-likeness (QED) is 0.628. The van der Waals surface area contributed by atoms with Crippen LogP contribution in [0.1, 0.15) is 10.4 Å². The van der Waals surface area contributed by atoms with Crippen molar-refractivity contribution in [3.63, 3.8) is 0 Å². The molecule has 0 aromatic heterocycles. The number of Topliss-reactive ketones (excluding diaryl/α,β-unsaturated/α-hetero) is 1. The minimum Gasteiger partial charge on any atom is -0.376 e. The predicted octanol–water partition coefficient (Wildman–Crippen LogP) is 1.89. The molecule has 2 rings (SSSR count). The summed E-state index contributed by atoms with van der Waals surface area (Å²) in [6.45, 7) is 1.37. The SMILES string of the molecule is O=C(COC1COC1)c1ccc(I)cc1.